The van der Waals surface area contributed by atoms with Crippen LogP contribution < -0.4 is 45.5 Å². The molecule has 0 aliphatic carbocycles. The molecule has 0 aliphatic rings. The van der Waals surface area contributed by atoms with Gasteiger partial charge in [-0.25, -0.2) is 5.43 Å². The van der Waals surface area contributed by atoms with Crippen molar-refractivity contribution in [3.63, 3.8) is 0 Å². The third-order valence-electron chi connectivity index (χ3n) is 2.23. The maximum atomic E-state index is 11.0. The molecule has 0 saturated heterocycles. The van der Waals surface area contributed by atoms with Crippen LogP contribution in [-0.2, 0) is 14.9 Å². The first-order chi connectivity index (χ1) is 9.11. The molecule has 7 nitrogen and oxygen atoms in total. The Morgan fingerprint density at radius 3 is 2.43 bits per heavy atom. The van der Waals surface area contributed by atoms with E-state index < -0.39 is 27.0 Å². The van der Waals surface area contributed by atoms with Gasteiger partial charge in [-0.3, -0.25) is 4.55 Å². The largest absolute Gasteiger partial charge is 1.00 e. The minimum Gasteiger partial charge on any atom is -0.550 e. The molecular weight excluding hydrogens is 354 g/mol. The van der Waals surface area contributed by atoms with Crippen molar-refractivity contribution in [3.8, 4) is 0 Å². The Morgan fingerprint density at radius 1 is 1.38 bits per heavy atom. The standard InChI is InChI=1S/C10H12Cl2N2O5S.Na/c1-5(2-10(15)16)13-14-8-3-7(12)9(4-6(8)11)20(17,18)19;/h3-5,13-14H,2H2,1H3,(H,15,16)(H,17,18,19);/q;+1/p-1. The van der Waals surface area contributed by atoms with Crippen molar-refractivity contribution in [2.45, 2.75) is 24.3 Å². The first-order valence-electron chi connectivity index (χ1n) is 5.29. The number of hydrogen-bond acceptors (Lipinski definition) is 6. The fourth-order valence-electron chi connectivity index (χ4n) is 1.32. The molecule has 0 heterocycles. The van der Waals surface area contributed by atoms with Gasteiger partial charge in [-0.1, -0.05) is 23.2 Å². The molecule has 0 aliphatic heterocycles. The van der Waals surface area contributed by atoms with Crippen molar-refractivity contribution in [1.82, 2.24) is 5.43 Å². The van der Waals surface area contributed by atoms with E-state index in [9.17, 15) is 18.3 Å². The second kappa shape index (κ2) is 8.54. The zero-order chi connectivity index (χ0) is 15.5. The zero-order valence-electron chi connectivity index (χ0n) is 11.2. The average molecular weight is 365 g/mol. The molecule has 1 atom stereocenters. The molecule has 11 heteroatoms. The Labute approximate surface area is 154 Å². The monoisotopic (exact) mass is 364 g/mol. The van der Waals surface area contributed by atoms with Crippen molar-refractivity contribution >= 4 is 45.0 Å². The Morgan fingerprint density at radius 2 is 1.95 bits per heavy atom. The molecule has 3 N–H and O–H groups in total. The predicted octanol–water partition coefficient (Wildman–Crippen LogP) is -2.31. The Kier molecular flexibility index (Phi) is 8.52. The third-order valence-corrected chi connectivity index (χ3v) is 3.86. The van der Waals surface area contributed by atoms with Crippen LogP contribution in [0.3, 0.4) is 0 Å². The summed E-state index contributed by atoms with van der Waals surface area (Å²) in [7, 11) is -4.47. The quantitative estimate of drug-likeness (QED) is 0.294. The van der Waals surface area contributed by atoms with Crippen LogP contribution in [0.2, 0.25) is 10.0 Å². The third kappa shape index (κ3) is 6.70. The van der Waals surface area contributed by atoms with Crippen molar-refractivity contribution in [1.29, 1.82) is 0 Å². The Bertz CT molecular complexity index is 626. The molecule has 0 bridgehead atoms. The van der Waals surface area contributed by atoms with E-state index in [2.05, 4.69) is 10.9 Å². The number of carbonyl (C=O) groups is 1. The molecule has 0 saturated carbocycles. The van der Waals surface area contributed by atoms with Gasteiger partial charge in [-0.2, -0.15) is 8.42 Å². The van der Waals surface area contributed by atoms with Crippen LogP contribution in [0.4, 0.5) is 5.69 Å². The number of nitrogens with one attached hydrogen (secondary N) is 2. The summed E-state index contributed by atoms with van der Waals surface area (Å²) in [5.74, 6) is -1.22. The topological polar surface area (TPSA) is 119 Å². The number of aliphatic carboxylic acids is 1. The van der Waals surface area contributed by atoms with Gasteiger partial charge in [0.05, 0.1) is 15.7 Å². The van der Waals surface area contributed by atoms with Crippen LogP contribution in [0.5, 0.6) is 0 Å². The number of carboxylic acid groups (broad SMARTS) is 1. The van der Waals surface area contributed by atoms with Crippen LogP contribution in [-0.4, -0.2) is 25.0 Å². The molecule has 1 unspecified atom stereocenters. The van der Waals surface area contributed by atoms with E-state index in [0.717, 1.165) is 6.07 Å². The maximum Gasteiger partial charge on any atom is 1.00 e. The Balaban J connectivity index is 0.00000400. The average Bonchev–Trinajstić information content (AvgIpc) is 2.27. The van der Waals surface area contributed by atoms with Crippen molar-refractivity contribution in [2.24, 2.45) is 0 Å². The van der Waals surface area contributed by atoms with Gasteiger partial charge in [0.2, 0.25) is 0 Å². The smallest absolute Gasteiger partial charge is 0.550 e. The van der Waals surface area contributed by atoms with E-state index in [0.29, 0.717) is 0 Å². The number of hydrazine groups is 1. The van der Waals surface area contributed by atoms with E-state index in [-0.39, 0.29) is 51.7 Å². The number of halogens is 2. The molecule has 0 spiro atoms. The predicted molar refractivity (Wildman–Crippen MR) is 72.1 cm³/mol. The van der Waals surface area contributed by atoms with Gasteiger partial charge in [-0.15, -0.1) is 0 Å². The molecule has 0 aromatic heterocycles. The van der Waals surface area contributed by atoms with E-state index in [1.54, 1.807) is 6.92 Å². The normalized spacial score (nSPS) is 12.4. The van der Waals surface area contributed by atoms with E-state index in [1.165, 1.54) is 6.07 Å². The molecule has 1 aromatic carbocycles. The van der Waals surface area contributed by atoms with Crippen molar-refractivity contribution in [2.75, 3.05) is 5.43 Å². The SMILES string of the molecule is CC(CC(=O)[O-])NNc1cc(Cl)c(S(=O)(=O)O)cc1Cl.[Na+]. The minimum absolute atomic E-state index is 0. The summed E-state index contributed by atoms with van der Waals surface area (Å²) in [5, 5.41) is 10.1. The first kappa shape index (κ1) is 20.9. The molecule has 1 aromatic rings. The second-order valence-electron chi connectivity index (χ2n) is 3.98. The van der Waals surface area contributed by atoms with Crippen LogP contribution in [0, 0.1) is 0 Å². The van der Waals surface area contributed by atoms with Gasteiger partial charge in [0.25, 0.3) is 10.1 Å². The summed E-state index contributed by atoms with van der Waals surface area (Å²) >= 11 is 11.5. The van der Waals surface area contributed by atoms with Crippen molar-refractivity contribution < 1.29 is 52.4 Å². The van der Waals surface area contributed by atoms with Crippen molar-refractivity contribution in [3.05, 3.63) is 22.2 Å². The molecule has 112 valence electrons. The van der Waals surface area contributed by atoms with Gasteiger partial charge < -0.3 is 15.3 Å². The second-order valence-corrected chi connectivity index (χ2v) is 6.19. The minimum atomic E-state index is -4.47. The fourth-order valence-corrected chi connectivity index (χ4v) is 2.63. The summed E-state index contributed by atoms with van der Waals surface area (Å²) < 4.78 is 30.9. The molecule has 0 fully saturated rings. The van der Waals surface area contributed by atoms with E-state index in [1.807, 2.05) is 0 Å². The summed E-state index contributed by atoms with van der Waals surface area (Å²) in [4.78, 5) is 9.86. The van der Waals surface area contributed by atoms with E-state index in [4.69, 9.17) is 27.8 Å². The van der Waals surface area contributed by atoms with Gasteiger partial charge in [0.1, 0.15) is 4.90 Å². The molecule has 21 heavy (non-hydrogen) atoms. The van der Waals surface area contributed by atoms with E-state index >= 15 is 0 Å². The number of rotatable bonds is 6. The zero-order valence-corrected chi connectivity index (χ0v) is 15.5. The Hall–Kier alpha value is -0.0600. The van der Waals surface area contributed by atoms with Gasteiger partial charge in [-0.05, 0) is 19.1 Å². The maximum absolute atomic E-state index is 11.0. The van der Waals surface area contributed by atoms with Crippen LogP contribution >= 0.6 is 23.2 Å². The number of hydrogen-bond donors (Lipinski definition) is 3. The summed E-state index contributed by atoms with van der Waals surface area (Å²) in [6.45, 7) is 1.59. The number of carboxylic acids is 1. The number of anilines is 1. The van der Waals surface area contributed by atoms with Gasteiger partial charge in [0, 0.05) is 18.4 Å². The summed E-state index contributed by atoms with van der Waals surface area (Å²) in [6, 6.07) is 1.70. The molecule has 0 amide bonds. The molecule has 1 rings (SSSR count). The summed E-state index contributed by atoms with van der Waals surface area (Å²) in [5.41, 5.74) is 5.47. The summed E-state index contributed by atoms with van der Waals surface area (Å²) in [6.07, 6.45) is -0.235. The fraction of sp³-hybridized carbons (Fsp3) is 0.300. The number of benzene rings is 1. The molecule has 0 radical (unpaired) electrons. The van der Waals surface area contributed by atoms with Gasteiger partial charge in [0.15, 0.2) is 0 Å². The number of carbonyl (C=O) groups excluding carboxylic acids is 1. The van der Waals surface area contributed by atoms with Crippen LogP contribution in [0.15, 0.2) is 17.0 Å². The van der Waals surface area contributed by atoms with Gasteiger partial charge >= 0.3 is 29.6 Å². The van der Waals surface area contributed by atoms with Crippen LogP contribution in [0.1, 0.15) is 13.3 Å². The first-order valence-corrected chi connectivity index (χ1v) is 7.48. The molecular formula is C10H11Cl2N2NaO5S. The van der Waals surface area contributed by atoms with Crippen LogP contribution in [0.25, 0.3) is 0 Å².